The molecule has 0 fully saturated rings. The average molecular weight is 464 g/mol. The molecule has 1 amide bonds. The maximum atomic E-state index is 13.3. The number of carbonyl (C=O) groups excluding carboxylic acids is 2. The van der Waals surface area contributed by atoms with Crippen molar-refractivity contribution in [1.29, 1.82) is 0 Å². The van der Waals surface area contributed by atoms with Crippen LogP contribution in [0, 0.1) is 11.2 Å². The average Bonchev–Trinajstić information content (AvgIpc) is 3.21. The van der Waals surface area contributed by atoms with Crippen LogP contribution in [-0.2, 0) is 11.3 Å². The lowest BCUT2D eigenvalue weighted by Gasteiger charge is -2.17. The van der Waals surface area contributed by atoms with E-state index in [1.807, 2.05) is 26.2 Å². The van der Waals surface area contributed by atoms with Gasteiger partial charge in [-0.1, -0.05) is 32.9 Å². The summed E-state index contributed by atoms with van der Waals surface area (Å²) < 4.78 is 14.6. The number of nitrogens with zero attached hydrogens (tertiary/aromatic N) is 2. The number of hydrogen-bond acceptors (Lipinski definition) is 5. The quantitative estimate of drug-likeness (QED) is 0.416. The Balaban J connectivity index is 1.58. The van der Waals surface area contributed by atoms with Crippen molar-refractivity contribution >= 4 is 38.9 Å². The summed E-state index contributed by atoms with van der Waals surface area (Å²) in [5.41, 5.74) is 1.51. The molecule has 0 atom stereocenters. The standard InChI is InChI=1S/C25H22FN3O3S/c1-25(2,3)24(32)28-18-10-6-16(7-11-18)20(30)12-29-14-27-22-21(23(29)31)19(13-33-22)15-4-8-17(26)9-5-15/h4-11,13-14H,12H2,1-3H3,(H,28,32). The Bertz CT molecular complexity index is 1400. The van der Waals surface area contributed by atoms with E-state index in [1.165, 1.54) is 34.4 Å². The smallest absolute Gasteiger partial charge is 0.263 e. The van der Waals surface area contributed by atoms with Crippen molar-refractivity contribution in [2.24, 2.45) is 5.41 Å². The molecule has 0 aliphatic rings. The summed E-state index contributed by atoms with van der Waals surface area (Å²) >= 11 is 1.32. The van der Waals surface area contributed by atoms with E-state index in [0.29, 0.717) is 32.6 Å². The molecular weight excluding hydrogens is 441 g/mol. The number of thiophene rings is 1. The van der Waals surface area contributed by atoms with E-state index in [4.69, 9.17) is 0 Å². The predicted molar refractivity (Wildman–Crippen MR) is 128 cm³/mol. The minimum atomic E-state index is -0.532. The van der Waals surface area contributed by atoms with Crippen LogP contribution in [0.4, 0.5) is 10.1 Å². The molecule has 2 aromatic heterocycles. The molecule has 0 aliphatic carbocycles. The Morgan fingerprint density at radius 1 is 1.06 bits per heavy atom. The molecule has 2 aromatic carbocycles. The van der Waals surface area contributed by atoms with Crippen molar-refractivity contribution in [3.63, 3.8) is 0 Å². The van der Waals surface area contributed by atoms with E-state index < -0.39 is 5.41 Å². The van der Waals surface area contributed by atoms with Gasteiger partial charge < -0.3 is 5.32 Å². The largest absolute Gasteiger partial charge is 0.326 e. The van der Waals surface area contributed by atoms with Crippen molar-refractivity contribution in [2.45, 2.75) is 27.3 Å². The van der Waals surface area contributed by atoms with Gasteiger partial charge in [0.2, 0.25) is 5.91 Å². The van der Waals surface area contributed by atoms with Crippen molar-refractivity contribution < 1.29 is 14.0 Å². The van der Waals surface area contributed by atoms with Crippen molar-refractivity contribution in [2.75, 3.05) is 5.32 Å². The van der Waals surface area contributed by atoms with Crippen LogP contribution in [0.2, 0.25) is 0 Å². The van der Waals surface area contributed by atoms with E-state index >= 15 is 0 Å². The molecular formula is C25H22FN3O3S. The Morgan fingerprint density at radius 3 is 2.36 bits per heavy atom. The predicted octanol–water partition coefficient (Wildman–Crippen LogP) is 5.13. The fourth-order valence-electron chi connectivity index (χ4n) is 3.23. The molecule has 2 heterocycles. The highest BCUT2D eigenvalue weighted by atomic mass is 32.1. The van der Waals surface area contributed by atoms with Crippen LogP contribution >= 0.6 is 11.3 Å². The highest BCUT2D eigenvalue weighted by molar-refractivity contribution is 7.17. The third kappa shape index (κ3) is 4.75. The summed E-state index contributed by atoms with van der Waals surface area (Å²) in [6.45, 7) is 5.28. The monoisotopic (exact) mass is 463 g/mol. The molecule has 0 aliphatic heterocycles. The lowest BCUT2D eigenvalue weighted by molar-refractivity contribution is -0.123. The molecule has 0 saturated heterocycles. The molecule has 1 N–H and O–H groups in total. The summed E-state index contributed by atoms with van der Waals surface area (Å²) in [6, 6.07) is 12.4. The number of halogens is 1. The first kappa shape index (κ1) is 22.5. The molecule has 33 heavy (non-hydrogen) atoms. The Morgan fingerprint density at radius 2 is 1.73 bits per heavy atom. The van der Waals surface area contributed by atoms with Crippen LogP contribution in [0.15, 0.2) is 65.0 Å². The van der Waals surface area contributed by atoms with Gasteiger partial charge >= 0.3 is 0 Å². The summed E-state index contributed by atoms with van der Waals surface area (Å²) in [5, 5.41) is 5.02. The van der Waals surface area contributed by atoms with Crippen molar-refractivity contribution in [1.82, 2.24) is 9.55 Å². The van der Waals surface area contributed by atoms with Crippen molar-refractivity contribution in [3.8, 4) is 11.1 Å². The fourth-order valence-corrected chi connectivity index (χ4v) is 4.13. The third-order valence-corrected chi connectivity index (χ3v) is 6.06. The topological polar surface area (TPSA) is 81.1 Å². The molecule has 8 heteroatoms. The number of aromatic nitrogens is 2. The summed E-state index contributed by atoms with van der Waals surface area (Å²) in [4.78, 5) is 43.0. The molecule has 0 spiro atoms. The van der Waals surface area contributed by atoms with Gasteiger partial charge in [0, 0.05) is 27.6 Å². The summed E-state index contributed by atoms with van der Waals surface area (Å²) in [6.07, 6.45) is 1.37. The Kier molecular flexibility index (Phi) is 5.95. The van der Waals surface area contributed by atoms with Crippen LogP contribution in [0.3, 0.4) is 0 Å². The number of ketones is 1. The zero-order valence-electron chi connectivity index (χ0n) is 18.4. The second kappa shape index (κ2) is 8.71. The maximum Gasteiger partial charge on any atom is 0.263 e. The normalized spacial score (nSPS) is 11.5. The van der Waals surface area contributed by atoms with Gasteiger partial charge in [-0.25, -0.2) is 9.37 Å². The Labute approximate surface area is 193 Å². The molecule has 0 bridgehead atoms. The lowest BCUT2D eigenvalue weighted by atomic mass is 9.95. The van der Waals surface area contributed by atoms with E-state index in [2.05, 4.69) is 10.3 Å². The van der Waals surface area contributed by atoms with Crippen LogP contribution in [0.5, 0.6) is 0 Å². The minimum absolute atomic E-state index is 0.125. The van der Waals surface area contributed by atoms with Gasteiger partial charge in [-0.05, 0) is 42.0 Å². The SMILES string of the molecule is CC(C)(C)C(=O)Nc1ccc(C(=O)Cn2cnc3scc(-c4ccc(F)cc4)c3c2=O)cc1. The second-order valence-corrected chi connectivity index (χ2v) is 9.58. The number of rotatable bonds is 5. The van der Waals surface area contributed by atoms with E-state index in [1.54, 1.807) is 36.4 Å². The second-order valence-electron chi connectivity index (χ2n) is 8.72. The van der Waals surface area contributed by atoms with Crippen molar-refractivity contribution in [3.05, 3.63) is 82.0 Å². The lowest BCUT2D eigenvalue weighted by Crippen LogP contribution is -2.27. The zero-order chi connectivity index (χ0) is 23.8. The highest BCUT2D eigenvalue weighted by Crippen LogP contribution is 2.30. The number of amides is 1. The third-order valence-electron chi connectivity index (χ3n) is 5.18. The molecule has 168 valence electrons. The number of fused-ring (bicyclic) bond motifs is 1. The van der Waals surface area contributed by atoms with E-state index in [9.17, 15) is 18.8 Å². The molecule has 0 unspecified atom stereocenters. The van der Waals surface area contributed by atoms with Crippen LogP contribution in [0.25, 0.3) is 21.3 Å². The molecule has 0 radical (unpaired) electrons. The highest BCUT2D eigenvalue weighted by Gasteiger charge is 2.21. The zero-order valence-corrected chi connectivity index (χ0v) is 19.2. The van der Waals surface area contributed by atoms with E-state index in [-0.39, 0.29) is 29.6 Å². The first-order chi connectivity index (χ1) is 15.6. The first-order valence-electron chi connectivity index (χ1n) is 10.3. The number of hydrogen-bond donors (Lipinski definition) is 1. The number of nitrogens with one attached hydrogen (secondary N) is 1. The van der Waals surface area contributed by atoms with Gasteiger partial charge in [0.25, 0.3) is 5.56 Å². The van der Waals surface area contributed by atoms with Crippen LogP contribution in [-0.4, -0.2) is 21.2 Å². The van der Waals surface area contributed by atoms with E-state index in [0.717, 1.165) is 0 Å². The molecule has 4 aromatic rings. The Hall–Kier alpha value is -3.65. The molecule has 6 nitrogen and oxygen atoms in total. The van der Waals surface area contributed by atoms with Gasteiger partial charge in [-0.15, -0.1) is 11.3 Å². The minimum Gasteiger partial charge on any atom is -0.326 e. The van der Waals surface area contributed by atoms with Gasteiger partial charge in [-0.2, -0.15) is 0 Å². The first-order valence-corrected chi connectivity index (χ1v) is 11.2. The van der Waals surface area contributed by atoms with Crippen LogP contribution < -0.4 is 10.9 Å². The maximum absolute atomic E-state index is 13.3. The number of Topliss-reactive ketones (excluding diaryl/α,β-unsaturated/α-hetero) is 1. The van der Waals surface area contributed by atoms with Gasteiger partial charge in [0.15, 0.2) is 5.78 Å². The number of carbonyl (C=O) groups is 2. The van der Waals surface area contributed by atoms with Crippen LogP contribution in [0.1, 0.15) is 31.1 Å². The van der Waals surface area contributed by atoms with Gasteiger partial charge in [0.05, 0.1) is 18.3 Å². The van der Waals surface area contributed by atoms with Gasteiger partial charge in [-0.3, -0.25) is 19.0 Å². The molecule has 0 saturated carbocycles. The summed E-state index contributed by atoms with van der Waals surface area (Å²) in [5.74, 6) is -0.742. The van der Waals surface area contributed by atoms with Gasteiger partial charge in [0.1, 0.15) is 10.6 Å². The fraction of sp³-hybridized carbons (Fsp3) is 0.200. The molecule has 4 rings (SSSR count). The number of benzene rings is 2. The summed E-state index contributed by atoms with van der Waals surface area (Å²) in [7, 11) is 0. The number of anilines is 1.